The van der Waals surface area contributed by atoms with Gasteiger partial charge in [0.2, 0.25) is 0 Å². The molecule has 0 aromatic carbocycles. The predicted molar refractivity (Wildman–Crippen MR) is 96.2 cm³/mol. The molecule has 0 spiro atoms. The zero-order valence-corrected chi connectivity index (χ0v) is 14.7. The average molecular weight is 356 g/mol. The predicted octanol–water partition coefficient (Wildman–Crippen LogP) is 2.33. The van der Waals surface area contributed by atoms with E-state index in [2.05, 4.69) is 20.0 Å². The van der Waals surface area contributed by atoms with E-state index in [0.29, 0.717) is 6.04 Å². The highest BCUT2D eigenvalue weighted by atomic mass is 16.3. The van der Waals surface area contributed by atoms with Crippen molar-refractivity contribution in [2.24, 2.45) is 0 Å². The van der Waals surface area contributed by atoms with Crippen LogP contribution >= 0.6 is 0 Å². The molecule has 1 fully saturated rings. The molecule has 3 aromatic rings. The molecular formula is C19H24N4O3. The van der Waals surface area contributed by atoms with E-state index in [1.807, 2.05) is 30.3 Å². The third kappa shape index (κ3) is 3.90. The van der Waals surface area contributed by atoms with E-state index in [4.69, 9.17) is 8.83 Å². The Hall–Kier alpha value is -2.35. The second kappa shape index (κ2) is 7.90. The number of aromatic nitrogens is 2. The molecule has 1 atom stereocenters. The monoisotopic (exact) mass is 356 g/mol. The number of rotatable bonds is 7. The van der Waals surface area contributed by atoms with Crippen LogP contribution in [0, 0.1) is 0 Å². The summed E-state index contributed by atoms with van der Waals surface area (Å²) < 4.78 is 11.4. The Balaban J connectivity index is 1.38. The van der Waals surface area contributed by atoms with Gasteiger partial charge >= 0.3 is 0 Å². The van der Waals surface area contributed by atoms with E-state index in [1.54, 1.807) is 12.5 Å². The van der Waals surface area contributed by atoms with Crippen LogP contribution in [0.5, 0.6) is 0 Å². The number of nitrogens with one attached hydrogen (secondary N) is 1. The molecule has 3 aromatic heterocycles. The van der Waals surface area contributed by atoms with Crippen molar-refractivity contribution < 1.29 is 13.9 Å². The van der Waals surface area contributed by atoms with Crippen LogP contribution in [0.3, 0.4) is 0 Å². The lowest BCUT2D eigenvalue weighted by atomic mass is 10.1. The molecule has 1 aliphatic heterocycles. The molecule has 0 aliphatic carbocycles. The first kappa shape index (κ1) is 17.1. The number of H-pyrrole nitrogens is 1. The van der Waals surface area contributed by atoms with Crippen LogP contribution in [0.15, 0.2) is 51.6 Å². The van der Waals surface area contributed by atoms with Gasteiger partial charge in [-0.05, 0) is 36.8 Å². The third-order valence-electron chi connectivity index (χ3n) is 4.90. The highest BCUT2D eigenvalue weighted by molar-refractivity contribution is 5.51. The number of aliphatic hydroxyl groups is 1. The van der Waals surface area contributed by atoms with Crippen LogP contribution in [-0.2, 0) is 13.1 Å². The smallest absolute Gasteiger partial charge is 0.152 e. The highest BCUT2D eigenvalue weighted by Gasteiger charge is 2.27. The highest BCUT2D eigenvalue weighted by Crippen LogP contribution is 2.23. The lowest BCUT2D eigenvalue weighted by Gasteiger charge is -2.40. The molecule has 0 bridgehead atoms. The summed E-state index contributed by atoms with van der Waals surface area (Å²) in [6, 6.07) is 10.1. The Labute approximate surface area is 152 Å². The molecule has 2 N–H and O–H groups in total. The largest absolute Gasteiger partial charge is 0.468 e. The van der Waals surface area contributed by atoms with Gasteiger partial charge in [-0.15, -0.1) is 0 Å². The Kier molecular flexibility index (Phi) is 5.19. The van der Waals surface area contributed by atoms with Crippen molar-refractivity contribution in [1.82, 2.24) is 20.0 Å². The van der Waals surface area contributed by atoms with Gasteiger partial charge in [-0.2, -0.15) is 5.10 Å². The van der Waals surface area contributed by atoms with Crippen LogP contribution in [0.4, 0.5) is 0 Å². The second-order valence-corrected chi connectivity index (χ2v) is 6.69. The minimum absolute atomic E-state index is 0.192. The number of hydrogen-bond acceptors (Lipinski definition) is 6. The Morgan fingerprint density at radius 1 is 1.15 bits per heavy atom. The van der Waals surface area contributed by atoms with Gasteiger partial charge in [0.15, 0.2) is 5.76 Å². The normalized spacial score (nSPS) is 19.2. The molecule has 7 nitrogen and oxygen atoms in total. The van der Waals surface area contributed by atoms with Gasteiger partial charge in [-0.3, -0.25) is 14.9 Å². The number of piperazine rings is 1. The Bertz CT molecular complexity index is 782. The van der Waals surface area contributed by atoms with Gasteiger partial charge in [-0.1, -0.05) is 0 Å². The van der Waals surface area contributed by atoms with Crippen LogP contribution < -0.4 is 0 Å². The summed E-state index contributed by atoms with van der Waals surface area (Å²) in [6.45, 7) is 4.56. The fourth-order valence-electron chi connectivity index (χ4n) is 3.56. The minimum Gasteiger partial charge on any atom is -0.468 e. The van der Waals surface area contributed by atoms with Gasteiger partial charge < -0.3 is 13.9 Å². The molecule has 0 amide bonds. The first-order valence-corrected chi connectivity index (χ1v) is 9.00. The summed E-state index contributed by atoms with van der Waals surface area (Å²) in [5, 5.41) is 16.3. The van der Waals surface area contributed by atoms with Crippen molar-refractivity contribution in [3.05, 3.63) is 54.3 Å². The zero-order chi connectivity index (χ0) is 17.8. The fraction of sp³-hybridized carbons (Fsp3) is 0.421. The van der Waals surface area contributed by atoms with Crippen LogP contribution in [-0.4, -0.2) is 57.4 Å². The first-order chi connectivity index (χ1) is 12.8. The number of hydrogen-bond donors (Lipinski definition) is 2. The molecule has 4 rings (SSSR count). The third-order valence-corrected chi connectivity index (χ3v) is 4.90. The molecule has 0 saturated carbocycles. The minimum atomic E-state index is 0.192. The molecule has 138 valence electrons. The number of aliphatic hydroxyl groups excluding tert-OH is 1. The number of nitrogens with zero attached hydrogens (tertiary/aromatic N) is 3. The molecule has 0 radical (unpaired) electrons. The molecule has 4 heterocycles. The summed E-state index contributed by atoms with van der Waals surface area (Å²) >= 11 is 0. The topological polar surface area (TPSA) is 81.7 Å². The van der Waals surface area contributed by atoms with Crippen molar-refractivity contribution in [2.75, 3.05) is 26.2 Å². The maximum absolute atomic E-state index is 9.45. The second-order valence-electron chi connectivity index (χ2n) is 6.69. The molecule has 7 heteroatoms. The van der Waals surface area contributed by atoms with Gasteiger partial charge in [0, 0.05) is 38.5 Å². The quantitative estimate of drug-likeness (QED) is 0.676. The zero-order valence-electron chi connectivity index (χ0n) is 14.7. The lowest BCUT2D eigenvalue weighted by molar-refractivity contribution is 0.0427. The summed E-state index contributed by atoms with van der Waals surface area (Å²) in [4.78, 5) is 4.78. The number of furan rings is 2. The summed E-state index contributed by atoms with van der Waals surface area (Å²) in [5.74, 6) is 2.72. The van der Waals surface area contributed by atoms with Gasteiger partial charge in [0.05, 0.1) is 19.4 Å². The lowest BCUT2D eigenvalue weighted by Crippen LogP contribution is -2.52. The standard InChI is InChI=1S/C19H24N4O3/c24-10-6-15-12-22(8-9-23(15)14-16-2-1-11-25-16)13-17-3-4-19(26-17)18-5-7-20-21-18/h1-5,7,11,15,24H,6,8-10,12-14H2,(H,20,21)/t15-/m1/s1. The van der Waals surface area contributed by atoms with E-state index in [1.165, 1.54) is 0 Å². The Morgan fingerprint density at radius 3 is 2.88 bits per heavy atom. The molecule has 0 unspecified atom stereocenters. The van der Waals surface area contributed by atoms with Gasteiger partial charge in [-0.25, -0.2) is 0 Å². The van der Waals surface area contributed by atoms with Gasteiger partial charge in [0.1, 0.15) is 17.2 Å². The van der Waals surface area contributed by atoms with Crippen molar-refractivity contribution in [1.29, 1.82) is 0 Å². The van der Waals surface area contributed by atoms with Crippen molar-refractivity contribution in [3.63, 3.8) is 0 Å². The first-order valence-electron chi connectivity index (χ1n) is 9.00. The SMILES string of the molecule is OCC[C@@H]1CN(Cc2ccc(-c3ccn[nH]3)o2)CCN1Cc1ccco1. The van der Waals surface area contributed by atoms with Crippen LogP contribution in [0.1, 0.15) is 17.9 Å². The molecular weight excluding hydrogens is 332 g/mol. The fourth-order valence-corrected chi connectivity index (χ4v) is 3.56. The summed E-state index contributed by atoms with van der Waals surface area (Å²) in [6.07, 6.45) is 4.19. The Morgan fingerprint density at radius 2 is 2.12 bits per heavy atom. The van der Waals surface area contributed by atoms with E-state index in [9.17, 15) is 5.11 Å². The van der Waals surface area contributed by atoms with E-state index in [0.717, 1.165) is 62.1 Å². The van der Waals surface area contributed by atoms with Gasteiger partial charge in [0.25, 0.3) is 0 Å². The van der Waals surface area contributed by atoms with Crippen LogP contribution in [0.2, 0.25) is 0 Å². The van der Waals surface area contributed by atoms with Crippen molar-refractivity contribution in [2.45, 2.75) is 25.6 Å². The van der Waals surface area contributed by atoms with E-state index >= 15 is 0 Å². The number of aromatic amines is 1. The summed E-state index contributed by atoms with van der Waals surface area (Å²) in [5.41, 5.74) is 0.887. The maximum atomic E-state index is 9.45. The van der Waals surface area contributed by atoms with E-state index in [-0.39, 0.29) is 6.61 Å². The van der Waals surface area contributed by atoms with Crippen molar-refractivity contribution >= 4 is 0 Å². The average Bonchev–Trinajstić information content (AvgIpc) is 3.39. The van der Waals surface area contributed by atoms with Crippen LogP contribution in [0.25, 0.3) is 11.5 Å². The van der Waals surface area contributed by atoms with Crippen molar-refractivity contribution in [3.8, 4) is 11.5 Å². The molecule has 1 aliphatic rings. The molecule has 26 heavy (non-hydrogen) atoms. The maximum Gasteiger partial charge on any atom is 0.152 e. The van der Waals surface area contributed by atoms with E-state index < -0.39 is 0 Å². The summed E-state index contributed by atoms with van der Waals surface area (Å²) in [7, 11) is 0. The molecule has 1 saturated heterocycles.